The molecule has 25 heavy (non-hydrogen) atoms. The van der Waals surface area contributed by atoms with Crippen LogP contribution in [0.4, 0.5) is 0 Å². The molecular formula is C18H16Cl2N4O. The number of halogens is 2. The van der Waals surface area contributed by atoms with E-state index in [9.17, 15) is 4.79 Å². The van der Waals surface area contributed by atoms with Crippen molar-refractivity contribution in [3.8, 4) is 0 Å². The molecule has 2 aromatic carbocycles. The van der Waals surface area contributed by atoms with Gasteiger partial charge in [-0.3, -0.25) is 4.79 Å². The Morgan fingerprint density at radius 1 is 1.08 bits per heavy atom. The van der Waals surface area contributed by atoms with Gasteiger partial charge in [0, 0.05) is 15.6 Å². The summed E-state index contributed by atoms with van der Waals surface area (Å²) in [5, 5.41) is 15.3. The summed E-state index contributed by atoms with van der Waals surface area (Å²) in [6.45, 7) is 0.877. The minimum absolute atomic E-state index is 0.102. The smallest absolute Gasteiger partial charge is 0.180 e. The molecule has 1 saturated heterocycles. The Hall–Kier alpha value is -1.95. The molecule has 0 bridgehead atoms. The fourth-order valence-electron chi connectivity index (χ4n) is 3.34. The van der Waals surface area contributed by atoms with Crippen molar-refractivity contribution in [1.29, 1.82) is 0 Å². The van der Waals surface area contributed by atoms with Crippen molar-refractivity contribution in [2.45, 2.75) is 25.3 Å². The highest BCUT2D eigenvalue weighted by Gasteiger charge is 2.26. The Morgan fingerprint density at radius 2 is 1.80 bits per heavy atom. The zero-order valence-corrected chi connectivity index (χ0v) is 14.9. The van der Waals surface area contributed by atoms with E-state index in [-0.39, 0.29) is 11.8 Å². The number of carbonyl (C=O) groups is 1. The second-order valence-corrected chi connectivity index (χ2v) is 7.16. The van der Waals surface area contributed by atoms with Gasteiger partial charge in [-0.1, -0.05) is 23.2 Å². The van der Waals surface area contributed by atoms with Gasteiger partial charge in [0.25, 0.3) is 0 Å². The van der Waals surface area contributed by atoms with E-state index >= 15 is 0 Å². The number of hydrogen-bond donors (Lipinski definition) is 2. The van der Waals surface area contributed by atoms with Gasteiger partial charge >= 0.3 is 0 Å². The molecule has 0 radical (unpaired) electrons. The highest BCUT2D eigenvalue weighted by Crippen LogP contribution is 2.26. The zero-order chi connectivity index (χ0) is 17.4. The van der Waals surface area contributed by atoms with Crippen LogP contribution in [0.2, 0.25) is 10.0 Å². The maximum atomic E-state index is 13.0. The molecule has 1 unspecified atom stereocenters. The molecule has 2 heterocycles. The normalized spacial score (nSPS) is 17.3. The summed E-state index contributed by atoms with van der Waals surface area (Å²) in [6.07, 6.45) is 2.43. The molecule has 0 saturated carbocycles. The topological polar surface area (TPSA) is 70.7 Å². The number of Topliss-reactive ketones (excluding diaryl/α,β-unsaturated/α-hetero) is 1. The molecule has 7 heteroatoms. The van der Waals surface area contributed by atoms with Crippen LogP contribution < -0.4 is 5.32 Å². The molecule has 128 valence electrons. The monoisotopic (exact) mass is 374 g/mol. The summed E-state index contributed by atoms with van der Waals surface area (Å²) in [7, 11) is 0. The lowest BCUT2D eigenvalue weighted by Gasteiger charge is -2.14. The predicted octanol–water partition coefficient (Wildman–Crippen LogP) is 3.79. The quantitative estimate of drug-likeness (QED) is 0.681. The Bertz CT molecular complexity index is 927. The first-order chi connectivity index (χ1) is 12.1. The van der Waals surface area contributed by atoms with Crippen LogP contribution in [-0.2, 0) is 6.42 Å². The number of rotatable bonds is 4. The summed E-state index contributed by atoms with van der Waals surface area (Å²) >= 11 is 12.2. The highest BCUT2D eigenvalue weighted by atomic mass is 35.5. The number of hydrogen-bond acceptors (Lipinski definition) is 4. The van der Waals surface area contributed by atoms with Gasteiger partial charge in [0.1, 0.15) is 11.0 Å². The molecule has 1 aliphatic rings. The lowest BCUT2D eigenvalue weighted by atomic mass is 9.93. The predicted molar refractivity (Wildman–Crippen MR) is 98.5 cm³/mol. The molecule has 0 amide bonds. The largest absolute Gasteiger partial charge is 0.307 e. The summed E-state index contributed by atoms with van der Waals surface area (Å²) < 4.78 is 0. The number of fused-ring (bicyclic) bond motifs is 1. The average molecular weight is 375 g/mol. The van der Waals surface area contributed by atoms with Crippen LogP contribution in [0.3, 0.4) is 0 Å². The van der Waals surface area contributed by atoms with E-state index in [1.54, 1.807) is 6.07 Å². The minimum Gasteiger partial charge on any atom is -0.307 e. The molecule has 1 atom stereocenters. The highest BCUT2D eigenvalue weighted by molar-refractivity contribution is 6.34. The third-order valence-electron chi connectivity index (χ3n) is 4.50. The van der Waals surface area contributed by atoms with Crippen molar-refractivity contribution in [1.82, 2.24) is 20.7 Å². The standard InChI is InChI=1S/C18H16Cl2N4O/c19-12-5-10(6-13(20)8-12)4-11-7-16-17(23-24-22-16)9-14(11)18(25)15-2-1-3-21-15/h5-9,15,21H,1-4H2,(H,22,23,24). The fourth-order valence-corrected chi connectivity index (χ4v) is 3.91. The van der Waals surface area contributed by atoms with Gasteiger partial charge in [-0.05, 0) is 67.3 Å². The lowest BCUT2D eigenvalue weighted by molar-refractivity contribution is 0.0951. The van der Waals surface area contributed by atoms with E-state index in [1.165, 1.54) is 0 Å². The summed E-state index contributed by atoms with van der Waals surface area (Å²) in [4.78, 5) is 13.0. The fraction of sp³-hybridized carbons (Fsp3) is 0.278. The molecule has 1 fully saturated rings. The molecule has 5 nitrogen and oxygen atoms in total. The molecule has 1 aliphatic heterocycles. The van der Waals surface area contributed by atoms with Gasteiger partial charge in [0.15, 0.2) is 5.78 Å². The van der Waals surface area contributed by atoms with Crippen molar-refractivity contribution in [3.05, 3.63) is 57.1 Å². The third kappa shape index (κ3) is 3.40. The first-order valence-corrected chi connectivity index (χ1v) is 8.92. The molecule has 0 spiro atoms. The number of ketones is 1. The number of carbonyl (C=O) groups excluding carboxylic acids is 1. The number of aromatic amines is 1. The maximum absolute atomic E-state index is 13.0. The van der Waals surface area contributed by atoms with E-state index in [4.69, 9.17) is 23.2 Å². The number of nitrogens with one attached hydrogen (secondary N) is 2. The molecule has 1 aromatic heterocycles. The molecule has 2 N–H and O–H groups in total. The molecule has 0 aliphatic carbocycles. The SMILES string of the molecule is O=C(c1cc2n[nH]nc2cc1Cc1cc(Cl)cc(Cl)c1)C1CCCN1. The minimum atomic E-state index is -0.133. The second kappa shape index (κ2) is 6.75. The van der Waals surface area contributed by atoms with E-state index in [0.29, 0.717) is 27.5 Å². The molecular weight excluding hydrogens is 359 g/mol. The Labute approximate surface area is 154 Å². The Balaban J connectivity index is 1.77. The number of nitrogens with zero attached hydrogens (tertiary/aromatic N) is 2. The van der Waals surface area contributed by atoms with E-state index in [1.807, 2.05) is 24.3 Å². The zero-order valence-electron chi connectivity index (χ0n) is 13.4. The second-order valence-electron chi connectivity index (χ2n) is 6.29. The van der Waals surface area contributed by atoms with Crippen molar-refractivity contribution >= 4 is 40.0 Å². The van der Waals surface area contributed by atoms with Gasteiger partial charge in [0.05, 0.1) is 6.04 Å². The van der Waals surface area contributed by atoms with Gasteiger partial charge < -0.3 is 5.32 Å². The number of benzene rings is 2. The van der Waals surface area contributed by atoms with Crippen LogP contribution in [0.25, 0.3) is 11.0 Å². The number of aromatic nitrogens is 3. The van der Waals surface area contributed by atoms with Gasteiger partial charge in [-0.15, -0.1) is 0 Å². The van der Waals surface area contributed by atoms with Crippen molar-refractivity contribution in [2.24, 2.45) is 0 Å². The van der Waals surface area contributed by atoms with E-state index < -0.39 is 0 Å². The first-order valence-electron chi connectivity index (χ1n) is 8.16. The van der Waals surface area contributed by atoms with Crippen molar-refractivity contribution in [2.75, 3.05) is 6.54 Å². The van der Waals surface area contributed by atoms with Gasteiger partial charge in [0.2, 0.25) is 0 Å². The molecule has 4 rings (SSSR count). The van der Waals surface area contributed by atoms with E-state index in [0.717, 1.165) is 36.0 Å². The van der Waals surface area contributed by atoms with Crippen LogP contribution in [0.5, 0.6) is 0 Å². The van der Waals surface area contributed by atoms with Crippen LogP contribution in [0, 0.1) is 0 Å². The van der Waals surface area contributed by atoms with Gasteiger partial charge in [-0.2, -0.15) is 15.4 Å². The first kappa shape index (κ1) is 16.5. The summed E-state index contributed by atoms with van der Waals surface area (Å²) in [5.41, 5.74) is 3.96. The van der Waals surface area contributed by atoms with E-state index in [2.05, 4.69) is 20.7 Å². The van der Waals surface area contributed by atoms with Crippen LogP contribution in [0.1, 0.15) is 34.3 Å². The lowest BCUT2D eigenvalue weighted by Crippen LogP contribution is -2.31. The molecule has 3 aromatic rings. The number of H-pyrrole nitrogens is 1. The summed E-state index contributed by atoms with van der Waals surface area (Å²) in [6, 6.07) is 9.02. The Kier molecular flexibility index (Phi) is 4.46. The van der Waals surface area contributed by atoms with Crippen LogP contribution in [-0.4, -0.2) is 33.8 Å². The third-order valence-corrected chi connectivity index (χ3v) is 4.94. The average Bonchev–Trinajstić information content (AvgIpc) is 3.24. The van der Waals surface area contributed by atoms with Crippen LogP contribution >= 0.6 is 23.2 Å². The van der Waals surface area contributed by atoms with Crippen molar-refractivity contribution in [3.63, 3.8) is 0 Å². The Morgan fingerprint density at radius 3 is 2.48 bits per heavy atom. The maximum Gasteiger partial charge on any atom is 0.180 e. The van der Waals surface area contributed by atoms with Gasteiger partial charge in [-0.25, -0.2) is 0 Å². The van der Waals surface area contributed by atoms with Crippen molar-refractivity contribution < 1.29 is 4.79 Å². The van der Waals surface area contributed by atoms with Crippen LogP contribution in [0.15, 0.2) is 30.3 Å². The summed E-state index contributed by atoms with van der Waals surface area (Å²) in [5.74, 6) is 0.102.